The van der Waals surface area contributed by atoms with Gasteiger partial charge in [-0.1, -0.05) is 0 Å². The number of aromatic nitrogens is 3. The molecule has 0 fully saturated rings. The van der Waals surface area contributed by atoms with Crippen molar-refractivity contribution in [2.24, 2.45) is 0 Å². The van der Waals surface area contributed by atoms with E-state index in [9.17, 15) is 0 Å². The Hall–Kier alpha value is -2.66. The van der Waals surface area contributed by atoms with Gasteiger partial charge < -0.3 is 0 Å². The third-order valence-electron chi connectivity index (χ3n) is 5.69. The average molecular weight is 410 g/mol. The van der Waals surface area contributed by atoms with E-state index in [1.807, 2.05) is 12.3 Å². The Morgan fingerprint density at radius 3 is 2.30 bits per heavy atom. The molecule has 0 saturated heterocycles. The van der Waals surface area contributed by atoms with Crippen LogP contribution >= 0.6 is 0 Å². The van der Waals surface area contributed by atoms with Crippen LogP contribution < -0.4 is 4.40 Å². The van der Waals surface area contributed by atoms with Gasteiger partial charge in [-0.15, -0.1) is 0 Å². The van der Waals surface area contributed by atoms with Crippen LogP contribution in [0.2, 0.25) is 17.3 Å². The average Bonchev–Trinajstić information content (AvgIpc) is 3.04. The van der Waals surface area contributed by atoms with Gasteiger partial charge in [-0.3, -0.25) is 0 Å². The molecule has 3 aromatic heterocycles. The van der Waals surface area contributed by atoms with Crippen LogP contribution in [0.25, 0.3) is 49.3 Å². The summed E-state index contributed by atoms with van der Waals surface area (Å²) in [5.41, 5.74) is 4.27. The van der Waals surface area contributed by atoms with Gasteiger partial charge in [-0.05, 0) is 0 Å². The molecule has 0 saturated carbocycles. The number of hydrogen-bond acceptors (Lipinski definition) is 2. The quantitative estimate of drug-likeness (QED) is 0.209. The van der Waals surface area contributed by atoms with E-state index in [1.165, 1.54) is 36.8 Å². The molecule has 27 heavy (non-hydrogen) atoms. The number of fused-ring (bicyclic) bond motifs is 4. The maximum absolute atomic E-state index is 4.96. The van der Waals surface area contributed by atoms with E-state index in [-0.39, 0.29) is 0 Å². The summed E-state index contributed by atoms with van der Waals surface area (Å²) >= 11 is -2.00. The van der Waals surface area contributed by atoms with Gasteiger partial charge in [0.2, 0.25) is 0 Å². The van der Waals surface area contributed by atoms with Crippen molar-refractivity contribution < 1.29 is 0 Å². The molecule has 0 aliphatic heterocycles. The molecular weight excluding hydrogens is 391 g/mol. The predicted octanol–water partition coefficient (Wildman–Crippen LogP) is 5.33. The van der Waals surface area contributed by atoms with E-state index in [2.05, 4.69) is 70.2 Å². The summed E-state index contributed by atoms with van der Waals surface area (Å²) < 4.78 is 3.73. The van der Waals surface area contributed by atoms with Crippen molar-refractivity contribution in [1.29, 1.82) is 0 Å². The third-order valence-corrected chi connectivity index (χ3v) is 9.93. The molecule has 3 nitrogen and oxygen atoms in total. The number of benzene rings is 3. The fourth-order valence-corrected chi connectivity index (χ4v) is 6.67. The first-order chi connectivity index (χ1) is 13.0. The first-order valence-corrected chi connectivity index (χ1v) is 16.7. The van der Waals surface area contributed by atoms with E-state index >= 15 is 0 Å². The SMILES string of the molecule is [CH3][Ge]([CH3])([CH3])[c]1cc2nc3ccnc4c5cc6ccccc6cc5c(c1)c2n34. The summed E-state index contributed by atoms with van der Waals surface area (Å²) in [7, 11) is 0. The number of imidazole rings is 1. The van der Waals surface area contributed by atoms with Crippen molar-refractivity contribution in [1.82, 2.24) is 14.4 Å². The molecule has 130 valence electrons. The molecule has 6 aromatic rings. The normalized spacial score (nSPS) is 13.0. The van der Waals surface area contributed by atoms with Crippen LogP contribution in [0.4, 0.5) is 0 Å². The summed E-state index contributed by atoms with van der Waals surface area (Å²) in [6.45, 7) is 0. The molecule has 0 amide bonds. The first-order valence-electron chi connectivity index (χ1n) is 9.36. The van der Waals surface area contributed by atoms with Crippen LogP contribution in [-0.4, -0.2) is 27.6 Å². The fraction of sp³-hybridized carbons (Fsp3) is 0.130. The van der Waals surface area contributed by atoms with E-state index in [4.69, 9.17) is 9.97 Å². The Balaban J connectivity index is 1.97. The molecule has 3 heterocycles. The summed E-state index contributed by atoms with van der Waals surface area (Å²) in [5, 5.41) is 6.30. The molecule has 0 aliphatic carbocycles. The van der Waals surface area contributed by atoms with Gasteiger partial charge in [0.15, 0.2) is 0 Å². The monoisotopic (exact) mass is 411 g/mol. The zero-order chi connectivity index (χ0) is 18.3. The molecule has 3 aromatic carbocycles. The molecule has 0 unspecified atom stereocenters. The van der Waals surface area contributed by atoms with Gasteiger partial charge in [-0.25, -0.2) is 0 Å². The van der Waals surface area contributed by atoms with Gasteiger partial charge in [0.1, 0.15) is 0 Å². The second kappa shape index (κ2) is 4.99. The van der Waals surface area contributed by atoms with Crippen molar-refractivity contribution in [2.45, 2.75) is 17.3 Å². The maximum atomic E-state index is 4.96. The zero-order valence-corrected chi connectivity index (χ0v) is 17.7. The van der Waals surface area contributed by atoms with E-state index in [0.29, 0.717) is 0 Å². The standard InChI is InChI=1S/C23H19GeN3/c1-24(2,3)16-12-18-17-10-14-6-4-5-7-15(14)11-19(17)23-25-9-8-21-26-20(13-16)22(18)27(21)23/h4-13H,1-3H3. The Kier molecular flexibility index (Phi) is 2.84. The number of pyridine rings is 1. The predicted molar refractivity (Wildman–Crippen MR) is 117 cm³/mol. The second-order valence-electron chi connectivity index (χ2n) is 8.46. The van der Waals surface area contributed by atoms with Gasteiger partial charge in [0.05, 0.1) is 0 Å². The number of rotatable bonds is 1. The summed E-state index contributed by atoms with van der Waals surface area (Å²) in [4.78, 5) is 9.70. The van der Waals surface area contributed by atoms with Crippen LogP contribution in [0.15, 0.2) is 60.8 Å². The van der Waals surface area contributed by atoms with Gasteiger partial charge in [0.25, 0.3) is 0 Å². The molecule has 0 radical (unpaired) electrons. The molecule has 0 spiro atoms. The minimum absolute atomic E-state index is 0.980. The summed E-state index contributed by atoms with van der Waals surface area (Å²) in [6, 6.07) is 20.0. The Bertz CT molecular complexity index is 1510. The number of hydrogen-bond donors (Lipinski definition) is 0. The van der Waals surface area contributed by atoms with Gasteiger partial charge in [0, 0.05) is 0 Å². The third kappa shape index (κ3) is 2.03. The van der Waals surface area contributed by atoms with Crippen molar-refractivity contribution in [2.75, 3.05) is 0 Å². The molecule has 6 rings (SSSR count). The van der Waals surface area contributed by atoms with Crippen molar-refractivity contribution in [3.05, 3.63) is 60.8 Å². The Morgan fingerprint density at radius 2 is 1.56 bits per heavy atom. The van der Waals surface area contributed by atoms with Crippen LogP contribution in [0.5, 0.6) is 0 Å². The van der Waals surface area contributed by atoms with E-state index in [1.54, 1.807) is 0 Å². The second-order valence-corrected chi connectivity index (χ2v) is 19.1. The number of nitrogens with zero attached hydrogens (tertiary/aromatic N) is 3. The molecule has 4 heteroatoms. The molecule has 0 N–H and O–H groups in total. The van der Waals surface area contributed by atoms with E-state index in [0.717, 1.165) is 16.8 Å². The molecule has 0 aliphatic rings. The van der Waals surface area contributed by atoms with Crippen LogP contribution in [0.3, 0.4) is 0 Å². The topological polar surface area (TPSA) is 30.2 Å². The Morgan fingerprint density at radius 1 is 0.815 bits per heavy atom. The first kappa shape index (κ1) is 15.4. The summed E-state index contributed by atoms with van der Waals surface area (Å²) in [5.74, 6) is 7.34. The van der Waals surface area contributed by atoms with Gasteiger partial charge in [-0.2, -0.15) is 0 Å². The Labute approximate surface area is 159 Å². The zero-order valence-electron chi connectivity index (χ0n) is 15.6. The molecule has 0 bridgehead atoms. The van der Waals surface area contributed by atoms with Crippen molar-refractivity contribution >= 4 is 66.9 Å². The van der Waals surface area contributed by atoms with Crippen LogP contribution in [0.1, 0.15) is 0 Å². The van der Waals surface area contributed by atoms with Crippen LogP contribution in [-0.2, 0) is 0 Å². The van der Waals surface area contributed by atoms with Crippen LogP contribution in [0, 0.1) is 0 Å². The van der Waals surface area contributed by atoms with Crippen molar-refractivity contribution in [3.8, 4) is 0 Å². The summed E-state index contributed by atoms with van der Waals surface area (Å²) in [6.07, 6.45) is 1.88. The van der Waals surface area contributed by atoms with Gasteiger partial charge >= 0.3 is 159 Å². The molecule has 0 atom stereocenters. The molecular formula is C23H19GeN3. The van der Waals surface area contributed by atoms with E-state index < -0.39 is 13.3 Å². The van der Waals surface area contributed by atoms with Crippen molar-refractivity contribution in [3.63, 3.8) is 0 Å². The fourth-order valence-electron chi connectivity index (χ4n) is 4.26. The minimum atomic E-state index is -2.00.